The highest BCUT2D eigenvalue weighted by Gasteiger charge is 2.38. The summed E-state index contributed by atoms with van der Waals surface area (Å²) >= 11 is 1.58. The molecule has 5 nitrogen and oxygen atoms in total. The van der Waals surface area contributed by atoms with Crippen LogP contribution in [0.1, 0.15) is 30.2 Å². The summed E-state index contributed by atoms with van der Waals surface area (Å²) in [5.74, 6) is -0.00772. The Morgan fingerprint density at radius 3 is 2.76 bits per heavy atom. The van der Waals surface area contributed by atoms with Crippen molar-refractivity contribution in [1.82, 2.24) is 4.31 Å². The first kappa shape index (κ1) is 16.8. The summed E-state index contributed by atoms with van der Waals surface area (Å²) in [6, 6.07) is 9.18. The topological polar surface area (TPSA) is 57.7 Å². The molecule has 132 valence electrons. The monoisotopic (exact) mass is 376 g/mol. The molecule has 1 aromatic carbocycles. The van der Waals surface area contributed by atoms with Crippen molar-refractivity contribution < 1.29 is 13.2 Å². The van der Waals surface area contributed by atoms with Gasteiger partial charge in [-0.3, -0.25) is 4.79 Å². The van der Waals surface area contributed by atoms with Crippen LogP contribution < -0.4 is 4.90 Å². The quantitative estimate of drug-likeness (QED) is 0.806. The van der Waals surface area contributed by atoms with Crippen LogP contribution in [0.4, 0.5) is 5.69 Å². The van der Waals surface area contributed by atoms with Gasteiger partial charge in [-0.25, -0.2) is 8.42 Å². The Balaban J connectivity index is 1.66. The van der Waals surface area contributed by atoms with E-state index in [1.54, 1.807) is 38.7 Å². The molecular weight excluding hydrogens is 356 g/mol. The number of carbonyl (C=O) groups excluding carboxylic acids is 1. The minimum atomic E-state index is -3.54. The molecule has 1 aliphatic heterocycles. The largest absolute Gasteiger partial charge is 0.312 e. The number of rotatable bonds is 5. The van der Waals surface area contributed by atoms with Crippen molar-refractivity contribution in [3.8, 4) is 0 Å². The highest BCUT2D eigenvalue weighted by atomic mass is 32.2. The lowest BCUT2D eigenvalue weighted by Gasteiger charge is -2.22. The smallest absolute Gasteiger partial charge is 0.243 e. The number of hydrogen-bond acceptors (Lipinski definition) is 4. The van der Waals surface area contributed by atoms with Crippen LogP contribution in [0, 0.1) is 0 Å². The molecule has 0 spiro atoms. The van der Waals surface area contributed by atoms with Crippen molar-refractivity contribution in [3.63, 3.8) is 0 Å². The number of nitrogens with zero attached hydrogens (tertiary/aromatic N) is 2. The van der Waals surface area contributed by atoms with Gasteiger partial charge in [-0.2, -0.15) is 4.31 Å². The second kappa shape index (κ2) is 6.23. The molecule has 1 aliphatic carbocycles. The number of hydrogen-bond donors (Lipinski definition) is 0. The van der Waals surface area contributed by atoms with Crippen LogP contribution in [-0.4, -0.2) is 31.2 Å². The van der Waals surface area contributed by atoms with Gasteiger partial charge in [0, 0.05) is 36.6 Å². The molecule has 0 radical (unpaired) electrons. The van der Waals surface area contributed by atoms with Crippen LogP contribution in [-0.2, 0) is 27.8 Å². The van der Waals surface area contributed by atoms with E-state index in [1.165, 1.54) is 6.92 Å². The zero-order valence-corrected chi connectivity index (χ0v) is 15.6. The zero-order chi connectivity index (χ0) is 17.6. The Labute approximate surface area is 151 Å². The van der Waals surface area contributed by atoms with E-state index in [1.807, 2.05) is 17.5 Å². The molecular formula is C18H20N2O3S2. The van der Waals surface area contributed by atoms with Crippen molar-refractivity contribution in [3.05, 3.63) is 46.2 Å². The molecule has 1 saturated carbocycles. The summed E-state index contributed by atoms with van der Waals surface area (Å²) < 4.78 is 28.0. The Bertz CT molecular complexity index is 902. The molecule has 1 amide bonds. The molecule has 0 saturated heterocycles. The number of carbonyl (C=O) groups is 1. The van der Waals surface area contributed by atoms with E-state index in [4.69, 9.17) is 0 Å². The maximum absolute atomic E-state index is 13.2. The van der Waals surface area contributed by atoms with Crippen LogP contribution >= 0.6 is 11.3 Å². The summed E-state index contributed by atoms with van der Waals surface area (Å²) in [7, 11) is -3.54. The summed E-state index contributed by atoms with van der Waals surface area (Å²) in [6.07, 6.45) is 2.55. The number of fused-ring (bicyclic) bond motifs is 1. The maximum atomic E-state index is 13.2. The van der Waals surface area contributed by atoms with Gasteiger partial charge in [-0.1, -0.05) is 6.07 Å². The van der Waals surface area contributed by atoms with Gasteiger partial charge in [0.15, 0.2) is 0 Å². The molecule has 2 aromatic rings. The molecule has 1 aromatic heterocycles. The summed E-state index contributed by atoms with van der Waals surface area (Å²) in [4.78, 5) is 14.8. The standard InChI is InChI=1S/C18H20N2O3S2/c1-13(21)19-9-8-14-11-17(6-7-18(14)19)25(22,23)20(15-4-5-15)12-16-3-2-10-24-16/h2-3,6-7,10-11,15H,4-5,8-9,12H2,1H3. The fourth-order valence-electron chi connectivity index (χ4n) is 3.33. The van der Waals surface area contributed by atoms with E-state index >= 15 is 0 Å². The average molecular weight is 377 g/mol. The van der Waals surface area contributed by atoms with Gasteiger partial charge in [-0.05, 0) is 54.5 Å². The van der Waals surface area contributed by atoms with Crippen LogP contribution in [0.25, 0.3) is 0 Å². The predicted octanol–water partition coefficient (Wildman–Crippen LogP) is 3.01. The number of benzene rings is 1. The van der Waals surface area contributed by atoms with Crippen molar-refractivity contribution >= 4 is 33.0 Å². The fourth-order valence-corrected chi connectivity index (χ4v) is 5.83. The van der Waals surface area contributed by atoms with E-state index in [0.717, 1.165) is 29.0 Å². The third kappa shape index (κ3) is 3.12. The van der Waals surface area contributed by atoms with Gasteiger partial charge in [0.1, 0.15) is 0 Å². The van der Waals surface area contributed by atoms with E-state index in [-0.39, 0.29) is 11.9 Å². The van der Waals surface area contributed by atoms with E-state index in [0.29, 0.717) is 24.4 Å². The Morgan fingerprint density at radius 1 is 1.32 bits per heavy atom. The van der Waals surface area contributed by atoms with Crippen LogP contribution in [0.2, 0.25) is 0 Å². The Kier molecular flexibility index (Phi) is 4.17. The van der Waals surface area contributed by atoms with Crippen LogP contribution in [0.3, 0.4) is 0 Å². The highest BCUT2D eigenvalue weighted by molar-refractivity contribution is 7.89. The van der Waals surface area contributed by atoms with E-state index < -0.39 is 10.0 Å². The van der Waals surface area contributed by atoms with E-state index in [2.05, 4.69) is 0 Å². The third-order valence-electron chi connectivity index (χ3n) is 4.78. The maximum Gasteiger partial charge on any atom is 0.243 e. The van der Waals surface area contributed by atoms with Crippen molar-refractivity contribution in [2.24, 2.45) is 0 Å². The number of amides is 1. The lowest BCUT2D eigenvalue weighted by molar-refractivity contribution is -0.116. The zero-order valence-electron chi connectivity index (χ0n) is 14.0. The van der Waals surface area contributed by atoms with Gasteiger partial charge in [-0.15, -0.1) is 11.3 Å². The SMILES string of the molecule is CC(=O)N1CCc2cc(S(=O)(=O)N(Cc3cccs3)C3CC3)ccc21. The van der Waals surface area contributed by atoms with Gasteiger partial charge in [0.05, 0.1) is 4.90 Å². The Morgan fingerprint density at radius 2 is 2.12 bits per heavy atom. The van der Waals surface area contributed by atoms with Crippen molar-refractivity contribution in [1.29, 1.82) is 0 Å². The first-order valence-electron chi connectivity index (χ1n) is 8.42. The van der Waals surface area contributed by atoms with Crippen molar-refractivity contribution in [2.45, 2.75) is 43.7 Å². The molecule has 0 N–H and O–H groups in total. The molecule has 25 heavy (non-hydrogen) atoms. The van der Waals surface area contributed by atoms with Gasteiger partial charge in [0.2, 0.25) is 15.9 Å². The molecule has 0 bridgehead atoms. The molecule has 2 heterocycles. The molecule has 0 unspecified atom stereocenters. The Hall–Kier alpha value is -1.70. The normalized spacial score (nSPS) is 17.1. The van der Waals surface area contributed by atoms with Crippen molar-refractivity contribution in [2.75, 3.05) is 11.4 Å². The van der Waals surface area contributed by atoms with Gasteiger partial charge >= 0.3 is 0 Å². The molecule has 1 fully saturated rings. The fraction of sp³-hybridized carbons (Fsp3) is 0.389. The number of sulfonamides is 1. The highest BCUT2D eigenvalue weighted by Crippen LogP contribution is 2.36. The summed E-state index contributed by atoms with van der Waals surface area (Å²) in [6.45, 7) is 2.59. The summed E-state index contributed by atoms with van der Waals surface area (Å²) in [5.41, 5.74) is 1.77. The first-order chi connectivity index (χ1) is 12.0. The van der Waals surface area contributed by atoms with Gasteiger partial charge in [0.25, 0.3) is 0 Å². The molecule has 4 rings (SSSR count). The molecule has 2 aliphatic rings. The van der Waals surface area contributed by atoms with E-state index in [9.17, 15) is 13.2 Å². The third-order valence-corrected chi connectivity index (χ3v) is 7.53. The molecule has 0 atom stereocenters. The lowest BCUT2D eigenvalue weighted by Crippen LogP contribution is -2.32. The minimum Gasteiger partial charge on any atom is -0.312 e. The number of thiophene rings is 1. The lowest BCUT2D eigenvalue weighted by atomic mass is 10.2. The summed E-state index contributed by atoms with van der Waals surface area (Å²) in [5, 5.41) is 1.97. The van der Waals surface area contributed by atoms with Gasteiger partial charge < -0.3 is 4.90 Å². The molecule has 7 heteroatoms. The average Bonchev–Trinajstić information content (AvgIpc) is 3.10. The second-order valence-electron chi connectivity index (χ2n) is 6.57. The minimum absolute atomic E-state index is 0.00772. The van der Waals surface area contributed by atoms with Crippen LogP contribution in [0.5, 0.6) is 0 Å². The predicted molar refractivity (Wildman–Crippen MR) is 98.2 cm³/mol. The van der Waals surface area contributed by atoms with Crippen LogP contribution in [0.15, 0.2) is 40.6 Å². The first-order valence-corrected chi connectivity index (χ1v) is 10.7. The number of anilines is 1. The second-order valence-corrected chi connectivity index (χ2v) is 9.49.